The predicted octanol–water partition coefficient (Wildman–Crippen LogP) is 4.56. The third-order valence-electron chi connectivity index (χ3n) is 4.97. The van der Waals surface area contributed by atoms with Gasteiger partial charge in [-0.05, 0) is 75.0 Å². The Morgan fingerprint density at radius 3 is 2.35 bits per heavy atom. The van der Waals surface area contributed by atoms with Gasteiger partial charge in [-0.25, -0.2) is 9.79 Å². The van der Waals surface area contributed by atoms with E-state index in [9.17, 15) is 14.7 Å². The van der Waals surface area contributed by atoms with Gasteiger partial charge in [-0.1, -0.05) is 0 Å². The van der Waals surface area contributed by atoms with Gasteiger partial charge in [0, 0.05) is 37.0 Å². The number of phenols is 1. The van der Waals surface area contributed by atoms with Crippen LogP contribution in [-0.4, -0.2) is 51.8 Å². The highest BCUT2D eigenvalue weighted by Gasteiger charge is 2.32. The van der Waals surface area contributed by atoms with Crippen LogP contribution in [0.4, 0.5) is 11.4 Å². The van der Waals surface area contributed by atoms with Gasteiger partial charge in [-0.15, -0.1) is 0 Å². The molecule has 0 aromatic heterocycles. The number of thioether (sulfide) groups is 1. The first-order chi connectivity index (χ1) is 14.9. The van der Waals surface area contributed by atoms with Gasteiger partial charge in [0.05, 0.1) is 16.2 Å². The molecule has 3 rings (SSSR count). The Bertz CT molecular complexity index is 1040. The molecule has 1 saturated heterocycles. The molecule has 7 nitrogen and oxygen atoms in total. The van der Waals surface area contributed by atoms with Gasteiger partial charge >= 0.3 is 5.97 Å². The summed E-state index contributed by atoms with van der Waals surface area (Å²) in [6.07, 6.45) is 1.67. The topological polar surface area (TPSA) is 93.4 Å². The second kappa shape index (κ2) is 9.70. The van der Waals surface area contributed by atoms with Crippen LogP contribution < -0.4 is 4.90 Å². The molecule has 2 aromatic carbocycles. The van der Waals surface area contributed by atoms with Crippen LogP contribution in [0.5, 0.6) is 5.75 Å². The molecule has 0 unspecified atom stereocenters. The van der Waals surface area contributed by atoms with Crippen molar-refractivity contribution in [3.8, 4) is 5.75 Å². The number of amides is 1. The van der Waals surface area contributed by atoms with E-state index in [-0.39, 0.29) is 17.2 Å². The molecular formula is C23H25N3O4S. The Morgan fingerprint density at radius 1 is 1.13 bits per heavy atom. The molecule has 1 amide bonds. The zero-order chi connectivity index (χ0) is 22.5. The summed E-state index contributed by atoms with van der Waals surface area (Å²) in [5.41, 5.74) is 2.23. The van der Waals surface area contributed by atoms with Crippen LogP contribution in [0.15, 0.2) is 52.4 Å². The highest BCUT2D eigenvalue weighted by atomic mass is 32.2. The Morgan fingerprint density at radius 2 is 1.81 bits per heavy atom. The third-order valence-corrected chi connectivity index (χ3v) is 5.98. The molecule has 8 heteroatoms. The fraction of sp³-hybridized carbons (Fsp3) is 0.261. The first-order valence-electron chi connectivity index (χ1n) is 10.1. The number of aromatic hydroxyl groups is 1. The molecular weight excluding hydrogens is 414 g/mol. The van der Waals surface area contributed by atoms with E-state index in [1.54, 1.807) is 35.2 Å². The van der Waals surface area contributed by atoms with E-state index in [0.717, 1.165) is 18.8 Å². The van der Waals surface area contributed by atoms with E-state index in [1.165, 1.54) is 23.9 Å². The molecule has 0 saturated carbocycles. The molecule has 1 aliphatic heterocycles. The molecule has 0 spiro atoms. The van der Waals surface area contributed by atoms with Gasteiger partial charge in [-0.2, -0.15) is 0 Å². The van der Waals surface area contributed by atoms with Crippen molar-refractivity contribution in [1.82, 2.24) is 4.90 Å². The number of anilines is 1. The molecule has 162 valence electrons. The zero-order valence-corrected chi connectivity index (χ0v) is 18.5. The summed E-state index contributed by atoms with van der Waals surface area (Å²) in [6, 6.07) is 11.6. The Balaban J connectivity index is 1.88. The number of phenolic OH excluding ortho intramolecular Hbond substituents is 1. The summed E-state index contributed by atoms with van der Waals surface area (Å²) in [5.74, 6) is -1.07. The van der Waals surface area contributed by atoms with E-state index >= 15 is 0 Å². The number of carbonyl (C=O) groups is 2. The second-order valence-corrected chi connectivity index (χ2v) is 7.83. The normalized spacial score (nSPS) is 16.4. The van der Waals surface area contributed by atoms with Crippen LogP contribution in [0.25, 0.3) is 6.08 Å². The molecule has 2 aromatic rings. The summed E-state index contributed by atoms with van der Waals surface area (Å²) in [7, 11) is 0. The van der Waals surface area contributed by atoms with E-state index in [4.69, 9.17) is 5.11 Å². The van der Waals surface area contributed by atoms with Crippen molar-refractivity contribution in [1.29, 1.82) is 0 Å². The van der Waals surface area contributed by atoms with E-state index < -0.39 is 5.97 Å². The molecule has 1 fully saturated rings. The third kappa shape index (κ3) is 4.91. The Labute approximate surface area is 185 Å². The first-order valence-corrected chi connectivity index (χ1v) is 10.9. The molecule has 1 heterocycles. The van der Waals surface area contributed by atoms with E-state index in [0.29, 0.717) is 27.9 Å². The minimum absolute atomic E-state index is 0.114. The van der Waals surface area contributed by atoms with Crippen LogP contribution in [0.1, 0.15) is 36.7 Å². The predicted molar refractivity (Wildman–Crippen MR) is 125 cm³/mol. The number of hydrogen-bond donors (Lipinski definition) is 2. The standard InChI is InChI=1S/C23H25N3O4S/c1-4-25(5-2)18-12-9-16(19(27)14-18)13-20-21(28)26(6-3)23(31-20)24-17-10-7-15(8-11-17)22(29)30/h7-14,27H,4-6H2,1-3H3,(H,29,30)/b20-13-,24-23?. The quantitative estimate of drug-likeness (QED) is 0.615. The van der Waals surface area contributed by atoms with Gasteiger partial charge in [0.15, 0.2) is 5.17 Å². The van der Waals surface area contributed by atoms with Crippen molar-refractivity contribution in [2.45, 2.75) is 20.8 Å². The maximum absolute atomic E-state index is 12.9. The molecule has 0 aliphatic carbocycles. The minimum atomic E-state index is -1.00. The van der Waals surface area contributed by atoms with Crippen molar-refractivity contribution < 1.29 is 19.8 Å². The Kier molecular flexibility index (Phi) is 7.02. The lowest BCUT2D eigenvalue weighted by atomic mass is 10.1. The summed E-state index contributed by atoms with van der Waals surface area (Å²) >= 11 is 1.23. The van der Waals surface area contributed by atoms with Crippen molar-refractivity contribution in [2.75, 3.05) is 24.5 Å². The van der Waals surface area contributed by atoms with E-state index in [1.807, 2.05) is 13.0 Å². The lowest BCUT2D eigenvalue weighted by molar-refractivity contribution is -0.122. The highest BCUT2D eigenvalue weighted by Crippen LogP contribution is 2.36. The summed E-state index contributed by atoms with van der Waals surface area (Å²) in [4.78, 5) is 32.5. The summed E-state index contributed by atoms with van der Waals surface area (Å²) in [5, 5.41) is 20.0. The number of benzene rings is 2. The van der Waals surface area contributed by atoms with Crippen LogP contribution in [0.2, 0.25) is 0 Å². The van der Waals surface area contributed by atoms with Crippen molar-refractivity contribution >= 4 is 46.3 Å². The number of carbonyl (C=O) groups excluding carboxylic acids is 1. The second-order valence-electron chi connectivity index (χ2n) is 6.82. The highest BCUT2D eigenvalue weighted by molar-refractivity contribution is 8.18. The number of aromatic carboxylic acids is 1. The average Bonchev–Trinajstić information content (AvgIpc) is 3.05. The summed E-state index contributed by atoms with van der Waals surface area (Å²) < 4.78 is 0. The number of carboxylic acid groups (broad SMARTS) is 1. The van der Waals surface area contributed by atoms with Crippen LogP contribution in [0.3, 0.4) is 0 Å². The first kappa shape index (κ1) is 22.4. The molecule has 0 radical (unpaired) electrons. The lowest BCUT2D eigenvalue weighted by Gasteiger charge is -2.21. The van der Waals surface area contributed by atoms with Crippen LogP contribution in [0, 0.1) is 0 Å². The molecule has 0 atom stereocenters. The molecule has 31 heavy (non-hydrogen) atoms. The van der Waals surface area contributed by atoms with Crippen molar-refractivity contribution in [3.63, 3.8) is 0 Å². The molecule has 2 N–H and O–H groups in total. The lowest BCUT2D eigenvalue weighted by Crippen LogP contribution is -2.28. The summed E-state index contributed by atoms with van der Waals surface area (Å²) in [6.45, 7) is 8.09. The SMILES string of the molecule is CCN1C(=O)/C(=C/c2ccc(N(CC)CC)cc2O)SC1=Nc1ccc(C(=O)O)cc1. The van der Waals surface area contributed by atoms with Gasteiger partial charge in [0.1, 0.15) is 5.75 Å². The van der Waals surface area contributed by atoms with E-state index in [2.05, 4.69) is 23.7 Å². The fourth-order valence-electron chi connectivity index (χ4n) is 3.24. The monoisotopic (exact) mass is 439 g/mol. The molecule has 1 aliphatic rings. The number of amidine groups is 1. The number of rotatable bonds is 7. The Hall–Kier alpha value is -3.26. The number of hydrogen-bond acceptors (Lipinski definition) is 6. The largest absolute Gasteiger partial charge is 0.507 e. The number of nitrogens with zero attached hydrogens (tertiary/aromatic N) is 3. The number of aliphatic imine (C=N–C) groups is 1. The molecule has 0 bridgehead atoms. The van der Waals surface area contributed by atoms with Crippen molar-refractivity contribution in [3.05, 3.63) is 58.5 Å². The van der Waals surface area contributed by atoms with Gasteiger partial charge in [-0.3, -0.25) is 9.69 Å². The van der Waals surface area contributed by atoms with Gasteiger partial charge < -0.3 is 15.1 Å². The van der Waals surface area contributed by atoms with Crippen molar-refractivity contribution in [2.24, 2.45) is 4.99 Å². The maximum Gasteiger partial charge on any atom is 0.335 e. The smallest absolute Gasteiger partial charge is 0.335 e. The van der Waals surface area contributed by atoms with Crippen LogP contribution in [-0.2, 0) is 4.79 Å². The van der Waals surface area contributed by atoms with Gasteiger partial charge in [0.25, 0.3) is 5.91 Å². The minimum Gasteiger partial charge on any atom is -0.507 e. The maximum atomic E-state index is 12.9. The van der Waals surface area contributed by atoms with Crippen LogP contribution >= 0.6 is 11.8 Å². The fourth-order valence-corrected chi connectivity index (χ4v) is 4.29. The zero-order valence-electron chi connectivity index (χ0n) is 17.7. The van der Waals surface area contributed by atoms with Gasteiger partial charge in [0.2, 0.25) is 0 Å². The number of likely N-dealkylation sites (N-methyl/N-ethyl adjacent to an activating group) is 1. The number of carboxylic acids is 1. The average molecular weight is 440 g/mol.